The van der Waals surface area contributed by atoms with Gasteiger partial charge in [-0.1, -0.05) is 6.42 Å². The van der Waals surface area contributed by atoms with Crippen LogP contribution in [0.4, 0.5) is 5.69 Å². The lowest BCUT2D eigenvalue weighted by molar-refractivity contribution is -0.120. The first-order valence-electron chi connectivity index (χ1n) is 6.92. The first kappa shape index (κ1) is 14.7. The van der Waals surface area contributed by atoms with Crippen LogP contribution in [0.15, 0.2) is 18.2 Å². The third-order valence-corrected chi connectivity index (χ3v) is 3.95. The summed E-state index contributed by atoms with van der Waals surface area (Å²) < 4.78 is 10.4. The molecule has 0 bridgehead atoms. The van der Waals surface area contributed by atoms with Gasteiger partial charge in [-0.05, 0) is 37.4 Å². The van der Waals surface area contributed by atoms with Crippen LogP contribution in [0, 0.1) is 11.8 Å². The number of methoxy groups -OCH3 is 2. The monoisotopic (exact) mass is 278 g/mol. The predicted octanol–water partition coefficient (Wildman–Crippen LogP) is 2.02. The standard InChI is InChI=1S/C15H22N2O3/c1-19-13-7-6-11(8-14(13)20-2)17-15(18)12-5-3-4-10(12)9-16/h6-8,10,12H,3-5,9,16H2,1-2H3,(H,17,18). The number of nitrogens with two attached hydrogens (primary N) is 1. The van der Waals surface area contributed by atoms with E-state index >= 15 is 0 Å². The lowest BCUT2D eigenvalue weighted by atomic mass is 9.95. The lowest BCUT2D eigenvalue weighted by Crippen LogP contribution is -2.29. The lowest BCUT2D eigenvalue weighted by Gasteiger charge is -2.18. The maximum atomic E-state index is 12.3. The molecule has 2 rings (SSSR count). The number of amides is 1. The molecule has 2 unspecified atom stereocenters. The van der Waals surface area contributed by atoms with E-state index in [0.717, 1.165) is 24.9 Å². The zero-order chi connectivity index (χ0) is 14.5. The van der Waals surface area contributed by atoms with Gasteiger partial charge in [-0.2, -0.15) is 0 Å². The van der Waals surface area contributed by atoms with Crippen LogP contribution in [-0.4, -0.2) is 26.7 Å². The van der Waals surface area contributed by atoms with E-state index in [2.05, 4.69) is 5.32 Å². The summed E-state index contributed by atoms with van der Waals surface area (Å²) in [6.45, 7) is 0.573. The van der Waals surface area contributed by atoms with Crippen molar-refractivity contribution in [2.24, 2.45) is 17.6 Å². The molecule has 5 heteroatoms. The second-order valence-electron chi connectivity index (χ2n) is 5.09. The summed E-state index contributed by atoms with van der Waals surface area (Å²) in [5.74, 6) is 1.62. The average molecular weight is 278 g/mol. The van der Waals surface area contributed by atoms with E-state index in [1.807, 2.05) is 6.07 Å². The molecule has 1 aromatic rings. The molecular formula is C15H22N2O3. The van der Waals surface area contributed by atoms with E-state index in [1.165, 1.54) is 0 Å². The van der Waals surface area contributed by atoms with Crippen LogP contribution in [0.5, 0.6) is 11.5 Å². The van der Waals surface area contributed by atoms with Gasteiger partial charge in [0.15, 0.2) is 11.5 Å². The van der Waals surface area contributed by atoms with Crippen LogP contribution in [0.25, 0.3) is 0 Å². The number of anilines is 1. The Hall–Kier alpha value is -1.75. The molecule has 2 atom stereocenters. The molecule has 20 heavy (non-hydrogen) atoms. The molecule has 0 aromatic heterocycles. The number of rotatable bonds is 5. The van der Waals surface area contributed by atoms with Gasteiger partial charge < -0.3 is 20.5 Å². The van der Waals surface area contributed by atoms with Crippen molar-refractivity contribution in [1.29, 1.82) is 0 Å². The second kappa shape index (κ2) is 6.61. The highest BCUT2D eigenvalue weighted by Crippen LogP contribution is 2.33. The molecule has 0 radical (unpaired) electrons. The molecule has 1 aromatic carbocycles. The number of benzene rings is 1. The van der Waals surface area contributed by atoms with Gasteiger partial charge in [0.2, 0.25) is 5.91 Å². The Morgan fingerprint density at radius 1 is 1.30 bits per heavy atom. The van der Waals surface area contributed by atoms with Crippen LogP contribution in [0.3, 0.4) is 0 Å². The Morgan fingerprint density at radius 2 is 2.05 bits per heavy atom. The minimum absolute atomic E-state index is 0.0214. The number of ether oxygens (including phenoxy) is 2. The molecule has 0 saturated heterocycles. The quantitative estimate of drug-likeness (QED) is 0.864. The van der Waals surface area contributed by atoms with Crippen molar-refractivity contribution >= 4 is 11.6 Å². The van der Waals surface area contributed by atoms with Crippen LogP contribution in [0.1, 0.15) is 19.3 Å². The summed E-state index contributed by atoms with van der Waals surface area (Å²) in [6.07, 6.45) is 3.04. The molecule has 1 aliphatic carbocycles. The second-order valence-corrected chi connectivity index (χ2v) is 5.09. The summed E-state index contributed by atoms with van der Waals surface area (Å²) in [5, 5.41) is 2.94. The summed E-state index contributed by atoms with van der Waals surface area (Å²) in [5.41, 5.74) is 6.44. The average Bonchev–Trinajstić information content (AvgIpc) is 2.95. The van der Waals surface area contributed by atoms with Crippen LogP contribution in [-0.2, 0) is 4.79 Å². The normalized spacial score (nSPS) is 21.6. The third kappa shape index (κ3) is 3.04. The zero-order valence-corrected chi connectivity index (χ0v) is 12.0. The van der Waals surface area contributed by atoms with Gasteiger partial charge >= 0.3 is 0 Å². The van der Waals surface area contributed by atoms with Crippen molar-refractivity contribution in [3.05, 3.63) is 18.2 Å². The maximum Gasteiger partial charge on any atom is 0.227 e. The number of carbonyl (C=O) groups excluding carboxylic acids is 1. The fourth-order valence-electron chi connectivity index (χ4n) is 2.81. The Bertz CT molecular complexity index is 476. The fraction of sp³-hybridized carbons (Fsp3) is 0.533. The van der Waals surface area contributed by atoms with Crippen molar-refractivity contribution in [2.75, 3.05) is 26.1 Å². The Morgan fingerprint density at radius 3 is 2.70 bits per heavy atom. The number of hydrogen-bond donors (Lipinski definition) is 2. The van der Waals surface area contributed by atoms with E-state index in [-0.39, 0.29) is 11.8 Å². The van der Waals surface area contributed by atoms with E-state index in [4.69, 9.17) is 15.2 Å². The van der Waals surface area contributed by atoms with E-state index < -0.39 is 0 Å². The minimum atomic E-state index is 0.0214. The Balaban J connectivity index is 2.07. The van der Waals surface area contributed by atoms with Crippen molar-refractivity contribution in [1.82, 2.24) is 0 Å². The number of nitrogens with one attached hydrogen (secondary N) is 1. The third-order valence-electron chi connectivity index (χ3n) is 3.95. The minimum Gasteiger partial charge on any atom is -0.493 e. The highest BCUT2D eigenvalue weighted by atomic mass is 16.5. The van der Waals surface area contributed by atoms with Crippen molar-refractivity contribution in [3.8, 4) is 11.5 Å². The van der Waals surface area contributed by atoms with Crippen molar-refractivity contribution in [3.63, 3.8) is 0 Å². The van der Waals surface area contributed by atoms with Crippen LogP contribution >= 0.6 is 0 Å². The summed E-state index contributed by atoms with van der Waals surface area (Å²) in [6, 6.07) is 5.36. The van der Waals surface area contributed by atoms with E-state index in [1.54, 1.807) is 26.4 Å². The molecule has 0 aliphatic heterocycles. The Kier molecular flexibility index (Phi) is 4.84. The first-order valence-corrected chi connectivity index (χ1v) is 6.92. The molecule has 0 spiro atoms. The summed E-state index contributed by atoms with van der Waals surface area (Å²) in [4.78, 5) is 12.3. The van der Waals surface area contributed by atoms with Crippen molar-refractivity contribution < 1.29 is 14.3 Å². The van der Waals surface area contributed by atoms with E-state index in [0.29, 0.717) is 24.0 Å². The number of hydrogen-bond acceptors (Lipinski definition) is 4. The van der Waals surface area contributed by atoms with Crippen molar-refractivity contribution in [2.45, 2.75) is 19.3 Å². The summed E-state index contributed by atoms with van der Waals surface area (Å²) >= 11 is 0. The molecule has 0 heterocycles. The van der Waals surface area contributed by atoms with Gasteiger partial charge in [0.1, 0.15) is 0 Å². The zero-order valence-electron chi connectivity index (χ0n) is 12.0. The Labute approximate surface area is 119 Å². The SMILES string of the molecule is COc1ccc(NC(=O)C2CCCC2CN)cc1OC. The molecule has 1 fully saturated rings. The summed E-state index contributed by atoms with van der Waals surface area (Å²) in [7, 11) is 3.16. The topological polar surface area (TPSA) is 73.6 Å². The first-order chi connectivity index (χ1) is 9.69. The van der Waals surface area contributed by atoms with Crippen LogP contribution in [0.2, 0.25) is 0 Å². The van der Waals surface area contributed by atoms with Gasteiger partial charge in [0, 0.05) is 17.7 Å². The largest absolute Gasteiger partial charge is 0.493 e. The van der Waals surface area contributed by atoms with Gasteiger partial charge in [0.25, 0.3) is 0 Å². The molecule has 5 nitrogen and oxygen atoms in total. The van der Waals surface area contributed by atoms with E-state index in [9.17, 15) is 4.79 Å². The van der Waals surface area contributed by atoms with Crippen LogP contribution < -0.4 is 20.5 Å². The predicted molar refractivity (Wildman–Crippen MR) is 78.1 cm³/mol. The highest BCUT2D eigenvalue weighted by Gasteiger charge is 2.31. The van der Waals surface area contributed by atoms with Gasteiger partial charge in [-0.3, -0.25) is 4.79 Å². The highest BCUT2D eigenvalue weighted by molar-refractivity contribution is 5.93. The molecule has 1 aliphatic rings. The maximum absolute atomic E-state index is 12.3. The van der Waals surface area contributed by atoms with Gasteiger partial charge in [-0.15, -0.1) is 0 Å². The van der Waals surface area contributed by atoms with Gasteiger partial charge in [0.05, 0.1) is 14.2 Å². The smallest absolute Gasteiger partial charge is 0.227 e. The fourth-order valence-corrected chi connectivity index (χ4v) is 2.81. The van der Waals surface area contributed by atoms with Gasteiger partial charge in [-0.25, -0.2) is 0 Å². The molecule has 1 amide bonds. The molecule has 1 saturated carbocycles. The number of carbonyl (C=O) groups is 1. The molecule has 110 valence electrons. The molecule has 3 N–H and O–H groups in total. The molecular weight excluding hydrogens is 256 g/mol.